The molecule has 0 unspecified atom stereocenters. The van der Waals surface area contributed by atoms with E-state index in [-0.39, 0.29) is 4.47 Å². The minimum atomic E-state index is -5.79. The SMILES string of the molecule is O=[N+]([O-])c1cc(Br)cnc1OC(C(F)(F)F)C(F)(F)F. The molecule has 0 radical (unpaired) electrons. The molecule has 0 amide bonds. The number of aromatic nitrogens is 1. The molecule has 0 aliphatic heterocycles. The number of pyridine rings is 1. The number of nitrogens with zero attached hydrogens (tertiary/aromatic N) is 2. The van der Waals surface area contributed by atoms with Gasteiger partial charge >= 0.3 is 18.0 Å². The smallest absolute Gasteiger partial charge is 0.434 e. The summed E-state index contributed by atoms with van der Waals surface area (Å²) in [5, 5.41) is 10.6. The molecule has 0 aromatic carbocycles. The summed E-state index contributed by atoms with van der Waals surface area (Å²) >= 11 is 2.74. The van der Waals surface area contributed by atoms with Gasteiger partial charge in [-0.3, -0.25) is 10.1 Å². The molecule has 112 valence electrons. The Morgan fingerprint density at radius 2 is 1.75 bits per heavy atom. The van der Waals surface area contributed by atoms with E-state index in [4.69, 9.17) is 0 Å². The second kappa shape index (κ2) is 5.42. The number of halogens is 7. The van der Waals surface area contributed by atoms with E-state index in [0.717, 1.165) is 6.20 Å². The lowest BCUT2D eigenvalue weighted by atomic mass is 10.3. The molecule has 12 heteroatoms. The first-order chi connectivity index (χ1) is 8.93. The van der Waals surface area contributed by atoms with Crippen LogP contribution in [0.2, 0.25) is 0 Å². The van der Waals surface area contributed by atoms with Gasteiger partial charge in [0, 0.05) is 16.7 Å². The Hall–Kier alpha value is -1.59. The van der Waals surface area contributed by atoms with Gasteiger partial charge in [-0.05, 0) is 15.9 Å². The molecule has 1 rings (SSSR count). The van der Waals surface area contributed by atoms with Crippen molar-refractivity contribution in [1.82, 2.24) is 4.98 Å². The summed E-state index contributed by atoms with van der Waals surface area (Å²) in [6.07, 6.45) is -15.0. The summed E-state index contributed by atoms with van der Waals surface area (Å²) in [7, 11) is 0. The van der Waals surface area contributed by atoms with Crippen molar-refractivity contribution in [3.05, 3.63) is 26.9 Å². The molecule has 0 bridgehead atoms. The highest BCUT2D eigenvalue weighted by Gasteiger charge is 2.59. The lowest BCUT2D eigenvalue weighted by Gasteiger charge is -2.22. The minimum absolute atomic E-state index is 0.00730. The second-order valence-electron chi connectivity index (χ2n) is 3.32. The molecule has 0 spiro atoms. The molecule has 20 heavy (non-hydrogen) atoms. The Morgan fingerprint density at radius 1 is 1.25 bits per heavy atom. The van der Waals surface area contributed by atoms with Crippen LogP contribution in [0.25, 0.3) is 0 Å². The van der Waals surface area contributed by atoms with Gasteiger partial charge in [-0.1, -0.05) is 0 Å². The minimum Gasteiger partial charge on any atom is -0.450 e. The largest absolute Gasteiger partial charge is 0.450 e. The normalized spacial score (nSPS) is 12.6. The zero-order valence-corrected chi connectivity index (χ0v) is 10.6. The molecule has 0 aliphatic rings. The molecule has 1 aromatic heterocycles. The van der Waals surface area contributed by atoms with E-state index in [1.807, 2.05) is 0 Å². The van der Waals surface area contributed by atoms with E-state index in [9.17, 15) is 36.5 Å². The number of alkyl halides is 6. The summed E-state index contributed by atoms with van der Waals surface area (Å²) in [6.45, 7) is 0. The Morgan fingerprint density at radius 3 is 2.15 bits per heavy atom. The molecule has 5 nitrogen and oxygen atoms in total. The van der Waals surface area contributed by atoms with Gasteiger partial charge in [0.05, 0.1) is 4.92 Å². The van der Waals surface area contributed by atoms with E-state index in [1.54, 1.807) is 0 Å². The Balaban J connectivity index is 3.22. The third-order valence-electron chi connectivity index (χ3n) is 1.82. The standard InChI is InChI=1S/C8H3BrF6N2O3/c9-3-1-4(17(18)19)5(16-2-3)20-6(7(10,11)12)8(13,14)15/h1-2,6H. The summed E-state index contributed by atoms with van der Waals surface area (Å²) in [4.78, 5) is 12.4. The molecule has 0 saturated carbocycles. The van der Waals surface area contributed by atoms with Crippen molar-refractivity contribution in [3.63, 3.8) is 0 Å². The van der Waals surface area contributed by atoms with Gasteiger partial charge in [-0.25, -0.2) is 4.98 Å². The maximum Gasteiger partial charge on any atom is 0.434 e. The maximum atomic E-state index is 12.3. The first kappa shape index (κ1) is 16.5. The molecule has 0 N–H and O–H groups in total. The van der Waals surface area contributed by atoms with Gasteiger partial charge in [0.2, 0.25) is 0 Å². The molecule has 1 aromatic rings. The molecule has 0 aliphatic carbocycles. The number of hydrogen-bond acceptors (Lipinski definition) is 4. The van der Waals surface area contributed by atoms with Crippen molar-refractivity contribution in [3.8, 4) is 5.88 Å². The van der Waals surface area contributed by atoms with Crippen molar-refractivity contribution >= 4 is 21.6 Å². The summed E-state index contributed by atoms with van der Waals surface area (Å²) < 4.78 is 77.2. The van der Waals surface area contributed by atoms with E-state index in [2.05, 4.69) is 25.7 Å². The van der Waals surface area contributed by atoms with Crippen LogP contribution >= 0.6 is 15.9 Å². The van der Waals surface area contributed by atoms with Crippen molar-refractivity contribution in [2.45, 2.75) is 18.5 Å². The van der Waals surface area contributed by atoms with Crippen molar-refractivity contribution < 1.29 is 36.0 Å². The fraction of sp³-hybridized carbons (Fsp3) is 0.375. The average molecular weight is 369 g/mol. The highest BCUT2D eigenvalue weighted by Crippen LogP contribution is 2.38. The van der Waals surface area contributed by atoms with Crippen LogP contribution in [-0.2, 0) is 0 Å². The molecule has 0 atom stereocenters. The molecule has 1 heterocycles. The zero-order valence-electron chi connectivity index (χ0n) is 9.00. The van der Waals surface area contributed by atoms with Gasteiger partial charge in [-0.15, -0.1) is 0 Å². The molecular weight excluding hydrogens is 366 g/mol. The van der Waals surface area contributed by atoms with E-state index >= 15 is 0 Å². The maximum absolute atomic E-state index is 12.3. The summed E-state index contributed by atoms with van der Waals surface area (Å²) in [5.41, 5.74) is -1.13. The quantitative estimate of drug-likeness (QED) is 0.464. The van der Waals surface area contributed by atoms with Crippen molar-refractivity contribution in [2.75, 3.05) is 0 Å². The van der Waals surface area contributed by atoms with E-state index in [1.165, 1.54) is 0 Å². The summed E-state index contributed by atoms with van der Waals surface area (Å²) in [5.74, 6) is -1.38. The van der Waals surface area contributed by atoms with Gasteiger partial charge in [0.25, 0.3) is 12.0 Å². The van der Waals surface area contributed by atoms with Crippen molar-refractivity contribution in [1.29, 1.82) is 0 Å². The fourth-order valence-corrected chi connectivity index (χ4v) is 1.39. The number of rotatable bonds is 3. The highest BCUT2D eigenvalue weighted by atomic mass is 79.9. The van der Waals surface area contributed by atoms with Gasteiger partial charge in [0.15, 0.2) is 0 Å². The third-order valence-corrected chi connectivity index (χ3v) is 2.25. The number of hydrogen-bond donors (Lipinski definition) is 0. The van der Waals surface area contributed by atoms with E-state index < -0.39 is 34.9 Å². The predicted molar refractivity (Wildman–Crippen MR) is 55.1 cm³/mol. The Labute approximate surface area is 114 Å². The van der Waals surface area contributed by atoms with Gasteiger partial charge in [-0.2, -0.15) is 26.3 Å². The van der Waals surface area contributed by atoms with Crippen LogP contribution in [-0.4, -0.2) is 28.4 Å². The highest BCUT2D eigenvalue weighted by molar-refractivity contribution is 9.10. The van der Waals surface area contributed by atoms with Crippen LogP contribution < -0.4 is 4.74 Å². The van der Waals surface area contributed by atoms with Crippen molar-refractivity contribution in [2.24, 2.45) is 0 Å². The van der Waals surface area contributed by atoms with Crippen LogP contribution in [0.1, 0.15) is 0 Å². The molecular formula is C8H3BrF6N2O3. The van der Waals surface area contributed by atoms with Gasteiger partial charge < -0.3 is 4.74 Å². The zero-order chi connectivity index (χ0) is 15.7. The third kappa shape index (κ3) is 3.95. The monoisotopic (exact) mass is 368 g/mol. The van der Waals surface area contributed by atoms with Crippen LogP contribution in [0.4, 0.5) is 32.0 Å². The summed E-state index contributed by atoms with van der Waals surface area (Å²) in [6, 6.07) is 0.673. The lowest BCUT2D eigenvalue weighted by molar-refractivity contribution is -0.387. The van der Waals surface area contributed by atoms with Crippen LogP contribution in [0.15, 0.2) is 16.7 Å². The van der Waals surface area contributed by atoms with Crippen LogP contribution in [0.5, 0.6) is 5.88 Å². The Bertz CT molecular complexity index is 504. The average Bonchev–Trinajstić information content (AvgIpc) is 2.23. The topological polar surface area (TPSA) is 65.3 Å². The van der Waals surface area contributed by atoms with Crippen LogP contribution in [0.3, 0.4) is 0 Å². The van der Waals surface area contributed by atoms with Crippen LogP contribution in [0, 0.1) is 10.1 Å². The second-order valence-corrected chi connectivity index (χ2v) is 4.23. The first-order valence-corrected chi connectivity index (χ1v) is 5.32. The predicted octanol–water partition coefficient (Wildman–Crippen LogP) is 3.62. The van der Waals surface area contributed by atoms with Gasteiger partial charge in [0.1, 0.15) is 0 Å². The Kier molecular flexibility index (Phi) is 4.46. The number of nitro groups is 1. The lowest BCUT2D eigenvalue weighted by Crippen LogP contribution is -2.46. The first-order valence-electron chi connectivity index (χ1n) is 4.53. The number of ether oxygens (including phenoxy) is 1. The molecule has 0 saturated heterocycles. The van der Waals surface area contributed by atoms with E-state index in [0.29, 0.717) is 6.07 Å². The molecule has 0 fully saturated rings. The fourth-order valence-electron chi connectivity index (χ4n) is 1.07.